The van der Waals surface area contributed by atoms with Crippen LogP contribution < -0.4 is 5.32 Å². The molecular formula is C15H22N2O2S. The van der Waals surface area contributed by atoms with Gasteiger partial charge in [0.25, 0.3) is 5.91 Å². The first kappa shape index (κ1) is 15.2. The van der Waals surface area contributed by atoms with Crippen molar-refractivity contribution in [3.05, 3.63) is 29.3 Å². The number of carbonyl (C=O) groups is 1. The van der Waals surface area contributed by atoms with E-state index in [1.807, 2.05) is 41.8 Å². The summed E-state index contributed by atoms with van der Waals surface area (Å²) in [7, 11) is 0. The summed E-state index contributed by atoms with van der Waals surface area (Å²) in [5.74, 6) is 2.20. The Bertz CT molecular complexity index is 459. The molecule has 1 amide bonds. The molecule has 2 rings (SSSR count). The van der Waals surface area contributed by atoms with Gasteiger partial charge in [0, 0.05) is 49.0 Å². The molecule has 20 heavy (non-hydrogen) atoms. The Morgan fingerprint density at radius 3 is 2.80 bits per heavy atom. The number of aliphatic hydroxyl groups excluding tert-OH is 1. The zero-order chi connectivity index (χ0) is 14.4. The molecule has 0 atom stereocenters. The lowest BCUT2D eigenvalue weighted by molar-refractivity contribution is 0.0772. The van der Waals surface area contributed by atoms with Crippen LogP contribution in [0, 0.1) is 6.92 Å². The lowest BCUT2D eigenvalue weighted by Crippen LogP contribution is -2.37. The van der Waals surface area contributed by atoms with Crippen LogP contribution in [0.2, 0.25) is 0 Å². The van der Waals surface area contributed by atoms with Gasteiger partial charge in [0.1, 0.15) is 0 Å². The Morgan fingerprint density at radius 1 is 1.40 bits per heavy atom. The van der Waals surface area contributed by atoms with Gasteiger partial charge in [-0.15, -0.1) is 0 Å². The molecule has 0 spiro atoms. The third-order valence-electron chi connectivity index (χ3n) is 3.42. The summed E-state index contributed by atoms with van der Waals surface area (Å²) in [5, 5.41) is 12.1. The molecule has 1 aromatic carbocycles. The second-order valence-corrected chi connectivity index (χ2v) is 6.16. The number of nitrogens with zero attached hydrogens (tertiary/aromatic N) is 1. The zero-order valence-electron chi connectivity index (χ0n) is 11.9. The van der Waals surface area contributed by atoms with Crippen molar-refractivity contribution in [3.63, 3.8) is 0 Å². The van der Waals surface area contributed by atoms with E-state index in [2.05, 4.69) is 5.32 Å². The molecular weight excluding hydrogens is 272 g/mol. The molecule has 1 heterocycles. The van der Waals surface area contributed by atoms with Crippen LogP contribution in [-0.2, 0) is 0 Å². The molecule has 0 bridgehead atoms. The van der Waals surface area contributed by atoms with E-state index in [1.54, 1.807) is 0 Å². The first-order valence-electron chi connectivity index (χ1n) is 7.05. The molecule has 1 saturated heterocycles. The van der Waals surface area contributed by atoms with E-state index < -0.39 is 0 Å². The monoisotopic (exact) mass is 294 g/mol. The second-order valence-electron chi connectivity index (χ2n) is 4.94. The van der Waals surface area contributed by atoms with Gasteiger partial charge in [-0.05, 0) is 37.1 Å². The van der Waals surface area contributed by atoms with Crippen molar-refractivity contribution < 1.29 is 9.90 Å². The maximum Gasteiger partial charge on any atom is 0.253 e. The summed E-state index contributed by atoms with van der Waals surface area (Å²) in [4.78, 5) is 14.3. The highest BCUT2D eigenvalue weighted by molar-refractivity contribution is 7.99. The highest BCUT2D eigenvalue weighted by Gasteiger charge is 2.18. The Labute approximate surface area is 124 Å². The third-order valence-corrected chi connectivity index (χ3v) is 4.36. The molecule has 0 saturated carbocycles. The quantitative estimate of drug-likeness (QED) is 0.815. The predicted molar refractivity (Wildman–Crippen MR) is 84.6 cm³/mol. The largest absolute Gasteiger partial charge is 0.396 e. The van der Waals surface area contributed by atoms with Gasteiger partial charge in [0.2, 0.25) is 0 Å². The Morgan fingerprint density at radius 2 is 2.15 bits per heavy atom. The summed E-state index contributed by atoms with van der Waals surface area (Å²) in [5.41, 5.74) is 2.87. The average molecular weight is 294 g/mol. The van der Waals surface area contributed by atoms with E-state index in [4.69, 9.17) is 5.11 Å². The molecule has 5 heteroatoms. The van der Waals surface area contributed by atoms with E-state index in [0.29, 0.717) is 0 Å². The maximum absolute atomic E-state index is 12.4. The molecule has 110 valence electrons. The third kappa shape index (κ3) is 3.90. The number of aliphatic hydroxyl groups is 1. The SMILES string of the molecule is Cc1cc(C(=O)N2CCSCC2)ccc1NCCCO. The number of benzene rings is 1. The van der Waals surface area contributed by atoms with Gasteiger partial charge < -0.3 is 15.3 Å². The van der Waals surface area contributed by atoms with Crippen LogP contribution >= 0.6 is 11.8 Å². The molecule has 2 N–H and O–H groups in total. The number of amides is 1. The van der Waals surface area contributed by atoms with Crippen molar-refractivity contribution in [2.75, 3.05) is 43.1 Å². The van der Waals surface area contributed by atoms with Crippen molar-refractivity contribution >= 4 is 23.4 Å². The molecule has 4 nitrogen and oxygen atoms in total. The molecule has 0 aromatic heterocycles. The average Bonchev–Trinajstić information content (AvgIpc) is 2.49. The molecule has 0 radical (unpaired) electrons. The minimum atomic E-state index is 0.135. The first-order valence-corrected chi connectivity index (χ1v) is 8.20. The lowest BCUT2D eigenvalue weighted by atomic mass is 10.1. The number of thioether (sulfide) groups is 1. The van der Waals surface area contributed by atoms with Crippen LogP contribution in [0.3, 0.4) is 0 Å². The van der Waals surface area contributed by atoms with Gasteiger partial charge in [-0.1, -0.05) is 0 Å². The molecule has 0 aliphatic carbocycles. The van der Waals surface area contributed by atoms with E-state index in [-0.39, 0.29) is 12.5 Å². The smallest absolute Gasteiger partial charge is 0.253 e. The second kappa shape index (κ2) is 7.55. The van der Waals surface area contributed by atoms with Crippen molar-refractivity contribution in [1.29, 1.82) is 0 Å². The Kier molecular flexibility index (Phi) is 5.73. The number of aryl methyl sites for hydroxylation is 1. The van der Waals surface area contributed by atoms with Crippen LogP contribution in [0.1, 0.15) is 22.3 Å². The summed E-state index contributed by atoms with van der Waals surface area (Å²) in [6, 6.07) is 5.79. The van der Waals surface area contributed by atoms with E-state index in [0.717, 1.165) is 54.4 Å². The zero-order valence-corrected chi connectivity index (χ0v) is 12.7. The Hall–Kier alpha value is -1.20. The minimum Gasteiger partial charge on any atom is -0.396 e. The number of hydrogen-bond donors (Lipinski definition) is 2. The molecule has 1 aliphatic rings. The standard InChI is InChI=1S/C15H22N2O2S/c1-12-11-13(3-4-14(12)16-5-2-8-18)15(19)17-6-9-20-10-7-17/h3-4,11,16,18H,2,5-10H2,1H3. The van der Waals surface area contributed by atoms with Gasteiger partial charge in [-0.3, -0.25) is 4.79 Å². The van der Waals surface area contributed by atoms with Crippen LogP contribution in [0.15, 0.2) is 18.2 Å². The van der Waals surface area contributed by atoms with Crippen molar-refractivity contribution in [2.45, 2.75) is 13.3 Å². The maximum atomic E-state index is 12.4. The normalized spacial score (nSPS) is 15.2. The first-order chi connectivity index (χ1) is 9.72. The van der Waals surface area contributed by atoms with E-state index in [9.17, 15) is 4.79 Å². The van der Waals surface area contributed by atoms with E-state index >= 15 is 0 Å². The number of hydrogen-bond acceptors (Lipinski definition) is 4. The van der Waals surface area contributed by atoms with Crippen LogP contribution in [0.4, 0.5) is 5.69 Å². The fourth-order valence-electron chi connectivity index (χ4n) is 2.25. The number of nitrogens with one attached hydrogen (secondary N) is 1. The van der Waals surface area contributed by atoms with Crippen LogP contribution in [-0.4, -0.2) is 53.7 Å². The molecule has 1 fully saturated rings. The number of rotatable bonds is 5. The molecule has 1 aromatic rings. The van der Waals surface area contributed by atoms with Gasteiger partial charge >= 0.3 is 0 Å². The molecule has 1 aliphatic heterocycles. The summed E-state index contributed by atoms with van der Waals surface area (Å²) >= 11 is 1.90. The number of anilines is 1. The summed E-state index contributed by atoms with van der Waals surface area (Å²) in [6.45, 7) is 4.63. The van der Waals surface area contributed by atoms with E-state index in [1.165, 1.54) is 0 Å². The fraction of sp³-hybridized carbons (Fsp3) is 0.533. The Balaban J connectivity index is 2.02. The van der Waals surface area contributed by atoms with Crippen molar-refractivity contribution in [3.8, 4) is 0 Å². The minimum absolute atomic E-state index is 0.135. The van der Waals surface area contributed by atoms with Crippen molar-refractivity contribution in [2.24, 2.45) is 0 Å². The van der Waals surface area contributed by atoms with Crippen LogP contribution in [0.25, 0.3) is 0 Å². The fourth-order valence-corrected chi connectivity index (χ4v) is 3.15. The summed E-state index contributed by atoms with van der Waals surface area (Å²) in [6.07, 6.45) is 0.728. The number of carbonyl (C=O) groups excluding carboxylic acids is 1. The highest BCUT2D eigenvalue weighted by Crippen LogP contribution is 2.19. The van der Waals surface area contributed by atoms with Gasteiger partial charge in [-0.2, -0.15) is 11.8 Å². The predicted octanol–water partition coefficient (Wildman–Crippen LogP) is 1.98. The highest BCUT2D eigenvalue weighted by atomic mass is 32.2. The summed E-state index contributed by atoms with van der Waals surface area (Å²) < 4.78 is 0. The van der Waals surface area contributed by atoms with Crippen LogP contribution in [0.5, 0.6) is 0 Å². The van der Waals surface area contributed by atoms with Gasteiger partial charge in [-0.25, -0.2) is 0 Å². The van der Waals surface area contributed by atoms with Crippen molar-refractivity contribution in [1.82, 2.24) is 4.90 Å². The lowest BCUT2D eigenvalue weighted by Gasteiger charge is -2.26. The van der Waals surface area contributed by atoms with Gasteiger partial charge in [0.15, 0.2) is 0 Å². The molecule has 0 unspecified atom stereocenters. The topological polar surface area (TPSA) is 52.6 Å². The van der Waals surface area contributed by atoms with Gasteiger partial charge in [0.05, 0.1) is 0 Å².